The zero-order chi connectivity index (χ0) is 24.7. The van der Waals surface area contributed by atoms with Crippen molar-refractivity contribution < 1.29 is 14.7 Å². The van der Waals surface area contributed by atoms with Gasteiger partial charge in [-0.3, -0.25) is 9.59 Å². The molecule has 0 bridgehead atoms. The van der Waals surface area contributed by atoms with Crippen LogP contribution < -0.4 is 0 Å². The summed E-state index contributed by atoms with van der Waals surface area (Å²) in [6.45, 7) is 13.4. The van der Waals surface area contributed by atoms with Crippen molar-refractivity contribution in [3.05, 3.63) is 75.6 Å². The molecule has 3 aromatic rings. The number of aromatic nitrogens is 1. The van der Waals surface area contributed by atoms with Crippen molar-refractivity contribution >= 4 is 28.9 Å². The highest BCUT2D eigenvalue weighted by molar-refractivity contribution is 6.30. The van der Waals surface area contributed by atoms with E-state index in [1.807, 2.05) is 51.2 Å². The molecule has 0 aliphatic heterocycles. The molecule has 1 N–H and O–H groups in total. The van der Waals surface area contributed by atoms with Crippen LogP contribution in [0.2, 0.25) is 5.02 Å². The molecule has 33 heavy (non-hydrogen) atoms. The number of halogens is 1. The number of nitrogens with zero attached hydrogens (tertiary/aromatic N) is 1. The summed E-state index contributed by atoms with van der Waals surface area (Å²) in [5.41, 5.74) is 3.83. The Labute approximate surface area is 201 Å². The second-order valence-electron chi connectivity index (χ2n) is 10.9. The molecule has 2 aromatic heterocycles. The van der Waals surface area contributed by atoms with Gasteiger partial charge in [0.15, 0.2) is 5.78 Å². The molecule has 5 heteroatoms. The molecule has 4 nitrogen and oxygen atoms in total. The van der Waals surface area contributed by atoms with Crippen LogP contribution in [-0.2, 0) is 17.6 Å². The van der Waals surface area contributed by atoms with E-state index in [0.29, 0.717) is 22.9 Å². The second kappa shape index (κ2) is 8.98. The number of fused-ring (bicyclic) bond motifs is 1. The van der Waals surface area contributed by atoms with Gasteiger partial charge in [-0.1, -0.05) is 58.4 Å². The van der Waals surface area contributed by atoms with E-state index in [2.05, 4.69) is 30.4 Å². The second-order valence-corrected chi connectivity index (χ2v) is 11.4. The SMILES string of the molecule is CC(C)c1ccn2c(Cc3ccc(Cl)cc3)c(CC(C)(C)C(=O)O)c(C(=O)C(C)(C)C)c2c1. The van der Waals surface area contributed by atoms with Crippen molar-refractivity contribution in [2.45, 2.75) is 67.2 Å². The summed E-state index contributed by atoms with van der Waals surface area (Å²) >= 11 is 6.09. The zero-order valence-electron chi connectivity index (χ0n) is 20.6. The first-order chi connectivity index (χ1) is 15.2. The van der Waals surface area contributed by atoms with Gasteiger partial charge in [-0.15, -0.1) is 0 Å². The van der Waals surface area contributed by atoms with Crippen LogP contribution in [0.5, 0.6) is 0 Å². The maximum Gasteiger partial charge on any atom is 0.309 e. The molecule has 0 amide bonds. The Hall–Kier alpha value is -2.59. The standard InChI is InChI=1S/C28H34ClNO3/c1-17(2)19-12-13-30-22(14-18-8-10-20(29)11-9-18)21(16-28(6,7)26(32)33)24(23(30)15-19)25(31)27(3,4)5/h8-13,15,17H,14,16H2,1-7H3,(H,32,33). The van der Waals surface area contributed by atoms with Gasteiger partial charge in [0.2, 0.25) is 0 Å². The molecule has 0 saturated carbocycles. The quantitative estimate of drug-likeness (QED) is 0.374. The number of ketones is 1. The number of carbonyl (C=O) groups is 2. The first-order valence-corrected chi connectivity index (χ1v) is 11.8. The van der Waals surface area contributed by atoms with Gasteiger partial charge in [-0.05, 0) is 67.1 Å². The van der Waals surface area contributed by atoms with Crippen molar-refractivity contribution in [2.75, 3.05) is 0 Å². The zero-order valence-corrected chi connectivity index (χ0v) is 21.4. The number of rotatable bonds is 7. The largest absolute Gasteiger partial charge is 0.481 e. The Bertz CT molecular complexity index is 1190. The van der Waals surface area contributed by atoms with Crippen LogP contribution in [0.25, 0.3) is 5.52 Å². The third-order valence-corrected chi connectivity index (χ3v) is 6.49. The van der Waals surface area contributed by atoms with Crippen LogP contribution >= 0.6 is 11.6 Å². The number of hydrogen-bond donors (Lipinski definition) is 1. The summed E-state index contributed by atoms with van der Waals surface area (Å²) in [6.07, 6.45) is 2.86. The molecule has 0 saturated heterocycles. The van der Waals surface area contributed by atoms with Gasteiger partial charge >= 0.3 is 5.97 Å². The van der Waals surface area contributed by atoms with Crippen LogP contribution in [0.1, 0.15) is 87.1 Å². The highest BCUT2D eigenvalue weighted by Gasteiger charge is 2.36. The van der Waals surface area contributed by atoms with E-state index in [4.69, 9.17) is 11.6 Å². The molecule has 0 aliphatic rings. The van der Waals surface area contributed by atoms with E-state index in [-0.39, 0.29) is 12.2 Å². The third-order valence-electron chi connectivity index (χ3n) is 6.23. The van der Waals surface area contributed by atoms with Gasteiger partial charge in [-0.2, -0.15) is 0 Å². The van der Waals surface area contributed by atoms with Gasteiger partial charge in [0.1, 0.15) is 0 Å². The van der Waals surface area contributed by atoms with Gasteiger partial charge in [0, 0.05) is 34.3 Å². The van der Waals surface area contributed by atoms with Gasteiger partial charge in [-0.25, -0.2) is 0 Å². The van der Waals surface area contributed by atoms with Crippen LogP contribution in [0.15, 0.2) is 42.6 Å². The molecule has 2 heterocycles. The maximum atomic E-state index is 13.8. The summed E-state index contributed by atoms with van der Waals surface area (Å²) in [5, 5.41) is 10.6. The van der Waals surface area contributed by atoms with Crippen molar-refractivity contribution in [3.8, 4) is 0 Å². The summed E-state index contributed by atoms with van der Waals surface area (Å²) in [6, 6.07) is 11.8. The van der Waals surface area contributed by atoms with E-state index in [1.165, 1.54) is 0 Å². The lowest BCUT2D eigenvalue weighted by molar-refractivity contribution is -0.146. The van der Waals surface area contributed by atoms with E-state index in [0.717, 1.165) is 27.9 Å². The number of carboxylic acids is 1. The van der Waals surface area contributed by atoms with Gasteiger partial charge < -0.3 is 9.51 Å². The fourth-order valence-electron chi connectivity index (χ4n) is 4.07. The van der Waals surface area contributed by atoms with Crippen LogP contribution in [0.4, 0.5) is 0 Å². The Morgan fingerprint density at radius 2 is 1.64 bits per heavy atom. The molecule has 3 rings (SSSR count). The number of carbonyl (C=O) groups excluding carboxylic acids is 1. The lowest BCUT2D eigenvalue weighted by Crippen LogP contribution is -2.28. The molecule has 1 aromatic carbocycles. The number of hydrogen-bond acceptors (Lipinski definition) is 2. The molecule has 0 fully saturated rings. The van der Waals surface area contributed by atoms with Crippen molar-refractivity contribution in [1.29, 1.82) is 0 Å². The molecule has 0 unspecified atom stereocenters. The average molecular weight is 468 g/mol. The topological polar surface area (TPSA) is 58.8 Å². The smallest absolute Gasteiger partial charge is 0.309 e. The Kier molecular flexibility index (Phi) is 6.82. The minimum Gasteiger partial charge on any atom is -0.481 e. The summed E-state index contributed by atoms with van der Waals surface area (Å²) in [4.78, 5) is 25.8. The van der Waals surface area contributed by atoms with Crippen LogP contribution in [0, 0.1) is 10.8 Å². The molecule has 0 aliphatic carbocycles. The Morgan fingerprint density at radius 3 is 2.15 bits per heavy atom. The minimum atomic E-state index is -1.02. The first-order valence-electron chi connectivity index (χ1n) is 11.4. The van der Waals surface area contributed by atoms with Crippen molar-refractivity contribution in [3.63, 3.8) is 0 Å². The Balaban J connectivity index is 2.37. The number of Topliss-reactive ketones (excluding diaryl/α,β-unsaturated/α-hetero) is 1. The lowest BCUT2D eigenvalue weighted by Gasteiger charge is -2.23. The number of aliphatic carboxylic acids is 1. The van der Waals surface area contributed by atoms with E-state index in [1.54, 1.807) is 13.8 Å². The lowest BCUT2D eigenvalue weighted by atomic mass is 9.79. The third kappa shape index (κ3) is 5.16. The summed E-state index contributed by atoms with van der Waals surface area (Å²) in [5.74, 6) is -0.548. The number of benzene rings is 1. The summed E-state index contributed by atoms with van der Waals surface area (Å²) in [7, 11) is 0. The van der Waals surface area contributed by atoms with Gasteiger partial charge in [0.05, 0.1) is 10.9 Å². The fourth-order valence-corrected chi connectivity index (χ4v) is 4.20. The van der Waals surface area contributed by atoms with Crippen molar-refractivity contribution in [2.24, 2.45) is 10.8 Å². The maximum absolute atomic E-state index is 13.8. The minimum absolute atomic E-state index is 0.0273. The van der Waals surface area contributed by atoms with E-state index < -0.39 is 16.8 Å². The van der Waals surface area contributed by atoms with Crippen LogP contribution in [0.3, 0.4) is 0 Å². The number of pyridine rings is 1. The van der Waals surface area contributed by atoms with Gasteiger partial charge in [0.25, 0.3) is 0 Å². The molecule has 0 spiro atoms. The fraction of sp³-hybridized carbons (Fsp3) is 0.429. The molecule has 176 valence electrons. The van der Waals surface area contributed by atoms with Crippen molar-refractivity contribution in [1.82, 2.24) is 4.40 Å². The highest BCUT2D eigenvalue weighted by Crippen LogP contribution is 2.37. The van der Waals surface area contributed by atoms with Crippen LogP contribution in [-0.4, -0.2) is 21.3 Å². The normalized spacial score (nSPS) is 12.5. The Morgan fingerprint density at radius 1 is 1.03 bits per heavy atom. The predicted molar refractivity (Wildman–Crippen MR) is 135 cm³/mol. The average Bonchev–Trinajstić information content (AvgIpc) is 2.99. The monoisotopic (exact) mass is 467 g/mol. The number of carboxylic acid groups (broad SMARTS) is 1. The highest BCUT2D eigenvalue weighted by atomic mass is 35.5. The first kappa shape index (κ1) is 25.0. The summed E-state index contributed by atoms with van der Waals surface area (Å²) < 4.78 is 2.08. The molecule has 0 radical (unpaired) electrons. The predicted octanol–water partition coefficient (Wildman–Crippen LogP) is 7.19. The van der Waals surface area contributed by atoms with E-state index >= 15 is 0 Å². The molecular formula is C28H34ClNO3. The molecular weight excluding hydrogens is 434 g/mol. The van der Waals surface area contributed by atoms with E-state index in [9.17, 15) is 14.7 Å². The molecule has 0 atom stereocenters.